The van der Waals surface area contributed by atoms with Gasteiger partial charge in [0.1, 0.15) is 0 Å². The molecule has 1 aliphatic carbocycles. The number of benzene rings is 1. The first-order chi connectivity index (χ1) is 13.6. The average molecular weight is 402 g/mol. The van der Waals surface area contributed by atoms with E-state index >= 15 is 0 Å². The smallest absolute Gasteiger partial charge is 0.404 e. The second kappa shape index (κ2) is 6.40. The van der Waals surface area contributed by atoms with Crippen molar-refractivity contribution in [3.8, 4) is 11.3 Å². The molecule has 7 nitrogen and oxygen atoms in total. The fourth-order valence-corrected chi connectivity index (χ4v) is 3.57. The number of carbonyl (C=O) groups is 1. The highest BCUT2D eigenvalue weighted by molar-refractivity contribution is 5.76. The second-order valence-electron chi connectivity index (χ2n) is 7.77. The maximum atomic E-state index is 13.7. The molecule has 2 heterocycles. The second-order valence-corrected chi connectivity index (χ2v) is 7.77. The molecule has 3 aromatic rings. The predicted octanol–water partition coefficient (Wildman–Crippen LogP) is 3.21. The summed E-state index contributed by atoms with van der Waals surface area (Å²) in [5, 5.41) is 11.1. The van der Waals surface area contributed by atoms with Crippen LogP contribution in [0.5, 0.6) is 0 Å². The molecule has 1 amide bonds. The SMILES string of the molecule is Cn1c(=O)n(C[C@@]2(C)CC2(F)F)c2ccc(-c3cccc(CNC(=O)O)c3)nc21. The standard InChI is InChI=1S/C20H20F2N4O3/c1-19(10-20(19,21)22)11-26-15-7-6-14(24-16(15)25(2)18(26)29)13-5-3-4-12(8-13)9-23-17(27)28/h3-8,23H,9-11H2,1-2H3,(H,27,28)/t19-/m1/s1. The molecule has 0 spiro atoms. The van der Waals surface area contributed by atoms with E-state index in [4.69, 9.17) is 5.11 Å². The van der Waals surface area contributed by atoms with E-state index in [1.54, 1.807) is 31.3 Å². The Balaban J connectivity index is 1.71. The van der Waals surface area contributed by atoms with Crippen LogP contribution in [0.2, 0.25) is 0 Å². The van der Waals surface area contributed by atoms with Crippen molar-refractivity contribution in [1.29, 1.82) is 0 Å². The van der Waals surface area contributed by atoms with Crippen LogP contribution < -0.4 is 11.0 Å². The van der Waals surface area contributed by atoms with Gasteiger partial charge in [-0.3, -0.25) is 9.13 Å². The third-order valence-electron chi connectivity index (χ3n) is 5.52. The molecule has 1 saturated carbocycles. The molecule has 2 aromatic heterocycles. The van der Waals surface area contributed by atoms with Crippen molar-refractivity contribution < 1.29 is 18.7 Å². The van der Waals surface area contributed by atoms with E-state index in [1.807, 2.05) is 12.1 Å². The van der Waals surface area contributed by atoms with Crippen LogP contribution in [0.15, 0.2) is 41.2 Å². The monoisotopic (exact) mass is 402 g/mol. The van der Waals surface area contributed by atoms with Crippen molar-refractivity contribution in [2.45, 2.75) is 32.4 Å². The molecule has 9 heteroatoms. The zero-order valence-electron chi connectivity index (χ0n) is 15.9. The number of imidazole rings is 1. The van der Waals surface area contributed by atoms with Gasteiger partial charge in [0.05, 0.1) is 16.6 Å². The van der Waals surface area contributed by atoms with E-state index in [-0.39, 0.29) is 25.2 Å². The van der Waals surface area contributed by atoms with Gasteiger partial charge in [-0.25, -0.2) is 23.4 Å². The molecule has 0 unspecified atom stereocenters. The first kappa shape index (κ1) is 19.1. The number of amides is 1. The van der Waals surface area contributed by atoms with Crippen LogP contribution in [-0.4, -0.2) is 31.2 Å². The molecule has 1 fully saturated rings. The topological polar surface area (TPSA) is 89.2 Å². The maximum absolute atomic E-state index is 13.7. The summed E-state index contributed by atoms with van der Waals surface area (Å²) < 4.78 is 30.0. The van der Waals surface area contributed by atoms with Crippen LogP contribution in [0.3, 0.4) is 0 Å². The summed E-state index contributed by atoms with van der Waals surface area (Å²) in [5.74, 6) is -2.76. The summed E-state index contributed by atoms with van der Waals surface area (Å²) in [7, 11) is 1.57. The number of hydrogen-bond acceptors (Lipinski definition) is 3. The lowest BCUT2D eigenvalue weighted by atomic mass is 10.1. The van der Waals surface area contributed by atoms with Crippen LogP contribution in [0, 0.1) is 5.41 Å². The lowest BCUT2D eigenvalue weighted by molar-refractivity contribution is 0.0637. The number of pyridine rings is 1. The number of aromatic nitrogens is 3. The Bertz CT molecular complexity index is 1180. The Kier molecular flexibility index (Phi) is 4.21. The first-order valence-corrected chi connectivity index (χ1v) is 9.11. The van der Waals surface area contributed by atoms with Gasteiger partial charge in [0, 0.05) is 32.1 Å². The Labute approximate surface area is 164 Å². The Morgan fingerprint density at radius 2 is 2.03 bits per heavy atom. The zero-order valence-corrected chi connectivity index (χ0v) is 15.9. The molecule has 0 radical (unpaired) electrons. The number of hydrogen-bond donors (Lipinski definition) is 2. The normalized spacial score (nSPS) is 20.0. The minimum absolute atomic E-state index is 0.0620. The van der Waals surface area contributed by atoms with Gasteiger partial charge < -0.3 is 10.4 Å². The fourth-order valence-electron chi connectivity index (χ4n) is 3.57. The Morgan fingerprint density at radius 1 is 1.31 bits per heavy atom. The van der Waals surface area contributed by atoms with Crippen molar-refractivity contribution in [2.24, 2.45) is 12.5 Å². The summed E-state index contributed by atoms with van der Waals surface area (Å²) in [6.07, 6.45) is -1.34. The van der Waals surface area contributed by atoms with Crippen molar-refractivity contribution >= 4 is 17.3 Å². The van der Waals surface area contributed by atoms with Crippen molar-refractivity contribution in [2.75, 3.05) is 0 Å². The van der Waals surface area contributed by atoms with Crippen molar-refractivity contribution in [3.05, 3.63) is 52.4 Å². The van der Waals surface area contributed by atoms with E-state index < -0.39 is 17.4 Å². The minimum Gasteiger partial charge on any atom is -0.465 e. The van der Waals surface area contributed by atoms with E-state index in [1.165, 1.54) is 16.1 Å². The van der Waals surface area contributed by atoms with Crippen LogP contribution in [0.25, 0.3) is 22.4 Å². The molecular formula is C20H20F2N4O3. The van der Waals surface area contributed by atoms with Gasteiger partial charge in [-0.2, -0.15) is 0 Å². The minimum atomic E-state index is -2.76. The highest BCUT2D eigenvalue weighted by Crippen LogP contribution is 2.61. The Morgan fingerprint density at radius 3 is 2.69 bits per heavy atom. The van der Waals surface area contributed by atoms with E-state index in [9.17, 15) is 18.4 Å². The molecule has 152 valence electrons. The quantitative estimate of drug-likeness (QED) is 0.686. The van der Waals surface area contributed by atoms with Gasteiger partial charge >= 0.3 is 11.8 Å². The lowest BCUT2D eigenvalue weighted by Gasteiger charge is -2.11. The van der Waals surface area contributed by atoms with E-state index in [0.717, 1.165) is 11.1 Å². The molecule has 0 aliphatic heterocycles. The van der Waals surface area contributed by atoms with Crippen molar-refractivity contribution in [3.63, 3.8) is 0 Å². The summed E-state index contributed by atoms with van der Waals surface area (Å²) in [6, 6.07) is 10.7. The lowest BCUT2D eigenvalue weighted by Crippen LogP contribution is -2.27. The molecule has 4 rings (SSSR count). The molecule has 1 atom stereocenters. The fraction of sp³-hybridized carbons (Fsp3) is 0.350. The molecule has 1 aliphatic rings. The van der Waals surface area contributed by atoms with Crippen LogP contribution in [0.4, 0.5) is 13.6 Å². The molecule has 29 heavy (non-hydrogen) atoms. The third kappa shape index (κ3) is 3.26. The Hall–Kier alpha value is -3.23. The van der Waals surface area contributed by atoms with Gasteiger partial charge in [0.15, 0.2) is 5.65 Å². The van der Waals surface area contributed by atoms with Crippen LogP contribution in [-0.2, 0) is 20.1 Å². The van der Waals surface area contributed by atoms with Gasteiger partial charge in [-0.05, 0) is 23.8 Å². The number of nitrogens with one attached hydrogen (secondary N) is 1. The highest BCUT2D eigenvalue weighted by Gasteiger charge is 2.68. The van der Waals surface area contributed by atoms with Crippen LogP contribution in [0.1, 0.15) is 18.9 Å². The number of carboxylic acid groups (broad SMARTS) is 1. The molecule has 0 saturated heterocycles. The number of alkyl halides is 2. The predicted molar refractivity (Wildman–Crippen MR) is 103 cm³/mol. The molecule has 0 bridgehead atoms. The number of rotatable bonds is 5. The van der Waals surface area contributed by atoms with Crippen molar-refractivity contribution in [1.82, 2.24) is 19.4 Å². The number of fused-ring (bicyclic) bond motifs is 1. The number of nitrogens with zero attached hydrogens (tertiary/aromatic N) is 3. The number of aryl methyl sites for hydroxylation is 1. The maximum Gasteiger partial charge on any atom is 0.404 e. The summed E-state index contributed by atoms with van der Waals surface area (Å²) in [6.45, 7) is 1.58. The summed E-state index contributed by atoms with van der Waals surface area (Å²) >= 11 is 0. The number of halogens is 2. The van der Waals surface area contributed by atoms with E-state index in [2.05, 4.69) is 10.3 Å². The highest BCUT2D eigenvalue weighted by atomic mass is 19.3. The largest absolute Gasteiger partial charge is 0.465 e. The van der Waals surface area contributed by atoms with Gasteiger partial charge in [-0.15, -0.1) is 0 Å². The summed E-state index contributed by atoms with van der Waals surface area (Å²) in [4.78, 5) is 27.9. The van der Waals surface area contributed by atoms with Gasteiger partial charge in [0.2, 0.25) is 0 Å². The molecule has 1 aromatic carbocycles. The third-order valence-corrected chi connectivity index (χ3v) is 5.52. The first-order valence-electron chi connectivity index (χ1n) is 9.11. The van der Waals surface area contributed by atoms with E-state index in [0.29, 0.717) is 16.9 Å². The van der Waals surface area contributed by atoms with Gasteiger partial charge in [-0.1, -0.05) is 25.1 Å². The average Bonchev–Trinajstić information content (AvgIpc) is 3.10. The zero-order chi connectivity index (χ0) is 21.0. The van der Waals surface area contributed by atoms with Gasteiger partial charge in [0.25, 0.3) is 5.92 Å². The summed E-state index contributed by atoms with van der Waals surface area (Å²) in [5.41, 5.74) is 1.45. The van der Waals surface area contributed by atoms with Crippen LogP contribution >= 0.6 is 0 Å². The molecular weight excluding hydrogens is 382 g/mol. The molecule has 2 N–H and O–H groups in total.